The molecule has 6 heteroatoms. The molecule has 1 saturated heterocycles. The van der Waals surface area contributed by atoms with Crippen LogP contribution in [-0.2, 0) is 4.79 Å². The second-order valence-corrected chi connectivity index (χ2v) is 7.29. The Morgan fingerprint density at radius 3 is 2.79 bits per heavy atom. The van der Waals surface area contributed by atoms with Gasteiger partial charge in [0.15, 0.2) is 0 Å². The lowest BCUT2D eigenvalue weighted by atomic mass is 10.1. The van der Waals surface area contributed by atoms with Crippen LogP contribution in [0.4, 0.5) is 4.39 Å². The number of fused-ring (bicyclic) bond motifs is 1. The highest BCUT2D eigenvalue weighted by Crippen LogP contribution is 2.25. The van der Waals surface area contributed by atoms with Crippen LogP contribution >= 0.6 is 0 Å². The average Bonchev–Trinajstić information content (AvgIpc) is 3.11. The van der Waals surface area contributed by atoms with Crippen LogP contribution < -0.4 is 5.32 Å². The number of amides is 2. The number of H-pyrrole nitrogens is 1. The molecule has 1 unspecified atom stereocenters. The van der Waals surface area contributed by atoms with Gasteiger partial charge in [-0.25, -0.2) is 4.39 Å². The molecule has 0 aliphatic carbocycles. The number of nitrogens with one attached hydrogen (secondary N) is 2. The maximum atomic E-state index is 13.3. The van der Waals surface area contributed by atoms with Crippen molar-refractivity contribution in [2.24, 2.45) is 0 Å². The molecule has 2 amide bonds. The maximum Gasteiger partial charge on any atom is 0.256 e. The van der Waals surface area contributed by atoms with E-state index in [1.807, 2.05) is 20.8 Å². The third-order valence-electron chi connectivity index (χ3n) is 4.19. The standard InChI is InChI=1S/C18H22FN3O2/c1-18(2,3)21-16(23)15-5-4-8-22(15)17(24)13-10-20-14-9-11(19)6-7-12(13)14/h6-7,9-10,15,20H,4-5,8H2,1-3H3,(H,21,23). The van der Waals surface area contributed by atoms with Crippen molar-refractivity contribution in [3.05, 3.63) is 35.8 Å². The van der Waals surface area contributed by atoms with Gasteiger partial charge in [0.25, 0.3) is 5.91 Å². The van der Waals surface area contributed by atoms with E-state index in [-0.39, 0.29) is 23.2 Å². The molecule has 24 heavy (non-hydrogen) atoms. The first-order valence-electron chi connectivity index (χ1n) is 8.16. The van der Waals surface area contributed by atoms with E-state index in [1.54, 1.807) is 17.2 Å². The van der Waals surface area contributed by atoms with Crippen LogP contribution in [0.3, 0.4) is 0 Å². The Morgan fingerprint density at radius 1 is 1.33 bits per heavy atom. The number of hydrogen-bond acceptors (Lipinski definition) is 2. The minimum absolute atomic E-state index is 0.126. The van der Waals surface area contributed by atoms with Gasteiger partial charge in [0.05, 0.1) is 5.56 Å². The number of carbonyl (C=O) groups excluding carboxylic acids is 2. The quantitative estimate of drug-likeness (QED) is 0.889. The number of nitrogens with zero attached hydrogens (tertiary/aromatic N) is 1. The molecule has 3 rings (SSSR count). The molecule has 0 spiro atoms. The van der Waals surface area contributed by atoms with Crippen molar-refractivity contribution in [3.8, 4) is 0 Å². The lowest BCUT2D eigenvalue weighted by Crippen LogP contribution is -2.51. The van der Waals surface area contributed by atoms with Crippen LogP contribution in [0.25, 0.3) is 10.9 Å². The summed E-state index contributed by atoms with van der Waals surface area (Å²) in [5.74, 6) is -0.675. The molecule has 5 nitrogen and oxygen atoms in total. The molecule has 0 saturated carbocycles. The minimum atomic E-state index is -0.456. The molecule has 1 fully saturated rings. The van der Waals surface area contributed by atoms with Gasteiger partial charge in [0.2, 0.25) is 5.91 Å². The summed E-state index contributed by atoms with van der Waals surface area (Å²) in [7, 11) is 0. The predicted octanol–water partition coefficient (Wildman–Crippen LogP) is 2.83. The van der Waals surface area contributed by atoms with Crippen molar-refractivity contribution >= 4 is 22.7 Å². The van der Waals surface area contributed by atoms with E-state index in [0.717, 1.165) is 6.42 Å². The van der Waals surface area contributed by atoms with Gasteiger partial charge in [-0.05, 0) is 51.8 Å². The van der Waals surface area contributed by atoms with Crippen LogP contribution in [0.1, 0.15) is 44.0 Å². The SMILES string of the molecule is CC(C)(C)NC(=O)C1CCCN1C(=O)c1c[nH]c2cc(F)ccc12. The number of benzene rings is 1. The summed E-state index contributed by atoms with van der Waals surface area (Å²) in [6.45, 7) is 6.30. The summed E-state index contributed by atoms with van der Waals surface area (Å²) < 4.78 is 13.3. The van der Waals surface area contributed by atoms with E-state index in [9.17, 15) is 14.0 Å². The lowest BCUT2D eigenvalue weighted by Gasteiger charge is -2.28. The van der Waals surface area contributed by atoms with Gasteiger partial charge >= 0.3 is 0 Å². The van der Waals surface area contributed by atoms with Gasteiger partial charge < -0.3 is 15.2 Å². The van der Waals surface area contributed by atoms with Crippen molar-refractivity contribution in [2.75, 3.05) is 6.54 Å². The van der Waals surface area contributed by atoms with Gasteiger partial charge in [-0.2, -0.15) is 0 Å². The van der Waals surface area contributed by atoms with Crippen molar-refractivity contribution in [1.82, 2.24) is 15.2 Å². The van der Waals surface area contributed by atoms with Gasteiger partial charge in [-0.1, -0.05) is 0 Å². The average molecular weight is 331 g/mol. The Kier molecular flexibility index (Phi) is 4.07. The Morgan fingerprint density at radius 2 is 2.08 bits per heavy atom. The summed E-state index contributed by atoms with van der Waals surface area (Å²) in [6.07, 6.45) is 3.04. The molecule has 1 atom stereocenters. The smallest absolute Gasteiger partial charge is 0.256 e. The van der Waals surface area contributed by atoms with Crippen molar-refractivity contribution in [1.29, 1.82) is 0 Å². The molecule has 0 bridgehead atoms. The van der Waals surface area contributed by atoms with E-state index in [4.69, 9.17) is 0 Å². The zero-order valence-corrected chi connectivity index (χ0v) is 14.1. The fourth-order valence-corrected chi connectivity index (χ4v) is 3.17. The highest BCUT2D eigenvalue weighted by molar-refractivity contribution is 6.08. The molecular formula is C18H22FN3O2. The summed E-state index contributed by atoms with van der Waals surface area (Å²) in [6, 6.07) is 3.83. The number of carbonyl (C=O) groups is 2. The van der Waals surface area contributed by atoms with Crippen molar-refractivity contribution < 1.29 is 14.0 Å². The first-order valence-corrected chi connectivity index (χ1v) is 8.16. The molecular weight excluding hydrogens is 309 g/mol. The first kappa shape index (κ1) is 16.5. The maximum absolute atomic E-state index is 13.3. The third kappa shape index (κ3) is 3.13. The van der Waals surface area contributed by atoms with E-state index >= 15 is 0 Å². The highest BCUT2D eigenvalue weighted by Gasteiger charge is 2.36. The zero-order chi connectivity index (χ0) is 17.5. The van der Waals surface area contributed by atoms with Gasteiger partial charge in [-0.15, -0.1) is 0 Å². The second kappa shape index (κ2) is 5.92. The van der Waals surface area contributed by atoms with Crippen LogP contribution in [0.5, 0.6) is 0 Å². The summed E-state index contributed by atoms with van der Waals surface area (Å²) >= 11 is 0. The molecule has 2 N–H and O–H groups in total. The molecule has 0 radical (unpaired) electrons. The number of halogens is 1. The molecule has 1 aromatic heterocycles. The lowest BCUT2D eigenvalue weighted by molar-refractivity contribution is -0.126. The minimum Gasteiger partial charge on any atom is -0.360 e. The molecule has 1 aliphatic heterocycles. The number of aromatic amines is 1. The Labute approximate surface area is 140 Å². The molecule has 128 valence electrons. The van der Waals surface area contributed by atoms with Crippen molar-refractivity contribution in [3.63, 3.8) is 0 Å². The molecule has 2 aromatic rings. The zero-order valence-electron chi connectivity index (χ0n) is 14.1. The fraction of sp³-hybridized carbons (Fsp3) is 0.444. The summed E-state index contributed by atoms with van der Waals surface area (Å²) in [4.78, 5) is 30.0. The number of rotatable bonds is 2. The van der Waals surface area contributed by atoms with Gasteiger partial charge in [0.1, 0.15) is 11.9 Å². The largest absolute Gasteiger partial charge is 0.360 e. The predicted molar refractivity (Wildman–Crippen MR) is 90.2 cm³/mol. The number of hydrogen-bond donors (Lipinski definition) is 2. The molecule has 1 aromatic carbocycles. The van der Waals surface area contributed by atoms with E-state index in [0.29, 0.717) is 29.4 Å². The Hall–Kier alpha value is -2.37. The Balaban J connectivity index is 1.86. The monoisotopic (exact) mass is 331 g/mol. The third-order valence-corrected chi connectivity index (χ3v) is 4.19. The second-order valence-electron chi connectivity index (χ2n) is 7.29. The van der Waals surface area contributed by atoms with Crippen LogP contribution in [0.15, 0.2) is 24.4 Å². The topological polar surface area (TPSA) is 65.2 Å². The summed E-state index contributed by atoms with van der Waals surface area (Å²) in [5.41, 5.74) is 0.709. The Bertz CT molecular complexity index is 791. The van der Waals surface area contributed by atoms with Crippen molar-refractivity contribution in [2.45, 2.75) is 45.2 Å². The van der Waals surface area contributed by atoms with Crippen LogP contribution in [0, 0.1) is 5.82 Å². The van der Waals surface area contributed by atoms with Gasteiger partial charge in [-0.3, -0.25) is 9.59 Å². The van der Waals surface area contributed by atoms with Gasteiger partial charge in [0, 0.05) is 29.2 Å². The number of likely N-dealkylation sites (tertiary alicyclic amines) is 1. The molecule has 2 heterocycles. The van der Waals surface area contributed by atoms with E-state index in [2.05, 4.69) is 10.3 Å². The number of aromatic nitrogens is 1. The normalized spacial score (nSPS) is 18.2. The molecule has 1 aliphatic rings. The summed E-state index contributed by atoms with van der Waals surface area (Å²) in [5, 5.41) is 3.62. The van der Waals surface area contributed by atoms with Crippen LogP contribution in [-0.4, -0.2) is 39.8 Å². The van der Waals surface area contributed by atoms with E-state index < -0.39 is 6.04 Å². The first-order chi connectivity index (χ1) is 11.3. The fourth-order valence-electron chi connectivity index (χ4n) is 3.17. The van der Waals surface area contributed by atoms with Crippen LogP contribution in [0.2, 0.25) is 0 Å². The van der Waals surface area contributed by atoms with E-state index in [1.165, 1.54) is 12.1 Å². The highest BCUT2D eigenvalue weighted by atomic mass is 19.1.